The fraction of sp³-hybridized carbons (Fsp3) is 0.222. The molecule has 1 N–H and O–H groups in total. The van der Waals surface area contributed by atoms with E-state index in [-0.39, 0.29) is 11.5 Å². The first-order chi connectivity index (χ1) is 14.8. The Bertz CT molecular complexity index is 1080. The summed E-state index contributed by atoms with van der Waals surface area (Å²) in [5.41, 5.74) is 5.68. The number of rotatable bonds is 8. The number of hydrogen-bond acceptors (Lipinski definition) is 4. The highest BCUT2D eigenvalue weighted by atomic mass is 16.5. The zero-order valence-electron chi connectivity index (χ0n) is 18.6. The molecular weight excluding hydrogens is 386 g/mol. The average molecular weight is 416 g/mol. The zero-order valence-corrected chi connectivity index (χ0v) is 18.6. The fourth-order valence-corrected chi connectivity index (χ4v) is 3.40. The standard InChI is InChI=1S/C27H29NO3/c1-19-14-20(2)16-23(15-19)22-9-11-27(31-13-12-28(3)4)25(18-22)26(30)10-8-21-6-5-7-24(29)17-21/h5-11,14-18,29H,12-13H2,1-4H3/b10-8+. The summed E-state index contributed by atoms with van der Waals surface area (Å²) in [6.45, 7) is 5.39. The van der Waals surface area contributed by atoms with Crippen molar-refractivity contribution in [2.24, 2.45) is 0 Å². The maximum absolute atomic E-state index is 13.1. The number of hydrogen-bond donors (Lipinski definition) is 1. The third-order valence-corrected chi connectivity index (χ3v) is 4.89. The molecule has 0 spiro atoms. The van der Waals surface area contributed by atoms with Gasteiger partial charge in [-0.15, -0.1) is 0 Å². The Labute approximate surface area is 184 Å². The van der Waals surface area contributed by atoms with Gasteiger partial charge in [-0.2, -0.15) is 0 Å². The second-order valence-corrected chi connectivity index (χ2v) is 8.03. The van der Waals surface area contributed by atoms with Crippen molar-refractivity contribution in [3.05, 3.63) is 89.0 Å². The first-order valence-electron chi connectivity index (χ1n) is 10.3. The predicted octanol–water partition coefficient (Wildman–Crippen LogP) is 5.51. The highest BCUT2D eigenvalue weighted by Gasteiger charge is 2.13. The van der Waals surface area contributed by atoms with Crippen LogP contribution in [0.2, 0.25) is 0 Å². The zero-order chi connectivity index (χ0) is 22.4. The number of benzene rings is 3. The van der Waals surface area contributed by atoms with Crippen LogP contribution in [0.25, 0.3) is 17.2 Å². The predicted molar refractivity (Wildman–Crippen MR) is 127 cm³/mol. The van der Waals surface area contributed by atoms with Gasteiger partial charge in [0.25, 0.3) is 0 Å². The van der Waals surface area contributed by atoms with E-state index in [0.29, 0.717) is 17.9 Å². The number of likely N-dealkylation sites (N-methyl/N-ethyl adjacent to an activating group) is 1. The van der Waals surface area contributed by atoms with Crippen LogP contribution in [0.15, 0.2) is 66.7 Å². The Morgan fingerprint density at radius 1 is 0.968 bits per heavy atom. The Morgan fingerprint density at radius 3 is 2.39 bits per heavy atom. The van der Waals surface area contributed by atoms with Crippen LogP contribution in [0.4, 0.5) is 0 Å². The highest BCUT2D eigenvalue weighted by Crippen LogP contribution is 2.29. The number of aromatic hydroxyl groups is 1. The van der Waals surface area contributed by atoms with Crippen molar-refractivity contribution in [3.8, 4) is 22.6 Å². The van der Waals surface area contributed by atoms with E-state index in [1.54, 1.807) is 24.3 Å². The Balaban J connectivity index is 1.95. The second kappa shape index (κ2) is 10.1. The van der Waals surface area contributed by atoms with Crippen LogP contribution >= 0.6 is 0 Å². The molecular formula is C27H29NO3. The minimum absolute atomic E-state index is 0.144. The van der Waals surface area contributed by atoms with E-state index in [1.165, 1.54) is 17.2 Å². The van der Waals surface area contributed by atoms with Crippen LogP contribution in [-0.2, 0) is 0 Å². The van der Waals surface area contributed by atoms with Gasteiger partial charge < -0.3 is 14.7 Å². The number of phenols is 1. The van der Waals surface area contributed by atoms with Crippen LogP contribution in [0.3, 0.4) is 0 Å². The van der Waals surface area contributed by atoms with Crippen molar-refractivity contribution in [1.29, 1.82) is 0 Å². The lowest BCUT2D eigenvalue weighted by atomic mass is 9.97. The summed E-state index contributed by atoms with van der Waals surface area (Å²) in [7, 11) is 3.97. The van der Waals surface area contributed by atoms with Crippen molar-refractivity contribution in [1.82, 2.24) is 4.90 Å². The van der Waals surface area contributed by atoms with E-state index in [4.69, 9.17) is 4.74 Å². The number of allylic oxidation sites excluding steroid dienone is 1. The fourth-order valence-electron chi connectivity index (χ4n) is 3.40. The van der Waals surface area contributed by atoms with Gasteiger partial charge in [-0.25, -0.2) is 0 Å². The third-order valence-electron chi connectivity index (χ3n) is 4.89. The maximum atomic E-state index is 13.1. The molecule has 0 radical (unpaired) electrons. The number of ether oxygens (including phenoxy) is 1. The van der Waals surface area contributed by atoms with E-state index in [0.717, 1.165) is 23.2 Å². The molecule has 3 aromatic rings. The largest absolute Gasteiger partial charge is 0.508 e. The van der Waals surface area contributed by atoms with Gasteiger partial charge in [-0.05, 0) is 75.0 Å². The summed E-state index contributed by atoms with van der Waals surface area (Å²) in [6, 6.07) is 18.9. The monoisotopic (exact) mass is 415 g/mol. The van der Waals surface area contributed by atoms with Crippen molar-refractivity contribution in [2.75, 3.05) is 27.2 Å². The van der Waals surface area contributed by atoms with Crippen LogP contribution in [0, 0.1) is 13.8 Å². The molecule has 0 aliphatic carbocycles. The van der Waals surface area contributed by atoms with Gasteiger partial charge in [0.1, 0.15) is 18.1 Å². The number of nitrogens with zero attached hydrogens (tertiary/aromatic N) is 1. The van der Waals surface area contributed by atoms with Crippen molar-refractivity contribution < 1.29 is 14.6 Å². The van der Waals surface area contributed by atoms with Crippen molar-refractivity contribution in [2.45, 2.75) is 13.8 Å². The highest BCUT2D eigenvalue weighted by molar-refractivity contribution is 6.09. The van der Waals surface area contributed by atoms with Crippen LogP contribution in [0.1, 0.15) is 27.0 Å². The smallest absolute Gasteiger partial charge is 0.189 e. The molecule has 3 aromatic carbocycles. The summed E-state index contributed by atoms with van der Waals surface area (Å²) in [4.78, 5) is 15.1. The van der Waals surface area contributed by atoms with Crippen LogP contribution in [0.5, 0.6) is 11.5 Å². The Hall–Kier alpha value is -3.37. The molecule has 0 fully saturated rings. The molecule has 0 amide bonds. The molecule has 0 aliphatic rings. The molecule has 3 rings (SSSR count). The van der Waals surface area contributed by atoms with Gasteiger partial charge >= 0.3 is 0 Å². The number of ketones is 1. The van der Waals surface area contributed by atoms with Gasteiger partial charge in [0.2, 0.25) is 0 Å². The molecule has 0 saturated heterocycles. The first-order valence-corrected chi connectivity index (χ1v) is 10.3. The van der Waals surface area contributed by atoms with Gasteiger partial charge in [-0.1, -0.05) is 53.6 Å². The molecule has 0 heterocycles. The quantitative estimate of drug-likeness (QED) is 0.389. The molecule has 0 aromatic heterocycles. The number of phenolic OH excluding ortho intramolecular Hbond substituents is 1. The molecule has 0 atom stereocenters. The van der Waals surface area contributed by atoms with Gasteiger partial charge in [0.05, 0.1) is 5.56 Å². The van der Waals surface area contributed by atoms with E-state index in [2.05, 4.69) is 32.0 Å². The Morgan fingerprint density at radius 2 is 1.71 bits per heavy atom. The number of aryl methyl sites for hydroxylation is 2. The Kier molecular flexibility index (Phi) is 7.27. The lowest BCUT2D eigenvalue weighted by Crippen LogP contribution is -2.20. The average Bonchev–Trinajstić information content (AvgIpc) is 2.71. The normalized spacial score (nSPS) is 11.3. The topological polar surface area (TPSA) is 49.8 Å². The molecule has 4 heteroatoms. The number of carbonyl (C=O) groups is 1. The summed E-state index contributed by atoms with van der Waals surface area (Å²) in [5.74, 6) is 0.592. The minimum Gasteiger partial charge on any atom is -0.508 e. The van der Waals surface area contributed by atoms with Crippen LogP contribution in [-0.4, -0.2) is 43.0 Å². The molecule has 0 unspecified atom stereocenters. The van der Waals surface area contributed by atoms with Gasteiger partial charge in [-0.3, -0.25) is 4.79 Å². The lowest BCUT2D eigenvalue weighted by molar-refractivity contribution is 0.104. The van der Waals surface area contributed by atoms with Crippen LogP contribution < -0.4 is 4.74 Å². The maximum Gasteiger partial charge on any atom is 0.189 e. The van der Waals surface area contributed by atoms with E-state index in [9.17, 15) is 9.90 Å². The molecule has 31 heavy (non-hydrogen) atoms. The van der Waals surface area contributed by atoms with Gasteiger partial charge in [0, 0.05) is 6.54 Å². The van der Waals surface area contributed by atoms with Gasteiger partial charge in [0.15, 0.2) is 5.78 Å². The van der Waals surface area contributed by atoms with Crippen molar-refractivity contribution >= 4 is 11.9 Å². The minimum atomic E-state index is -0.144. The summed E-state index contributed by atoms with van der Waals surface area (Å²) >= 11 is 0. The molecule has 0 bridgehead atoms. The van der Waals surface area contributed by atoms with E-state index >= 15 is 0 Å². The second-order valence-electron chi connectivity index (χ2n) is 8.03. The summed E-state index contributed by atoms with van der Waals surface area (Å²) < 4.78 is 5.94. The molecule has 0 saturated carbocycles. The summed E-state index contributed by atoms with van der Waals surface area (Å²) in [6.07, 6.45) is 3.23. The van der Waals surface area contributed by atoms with E-state index < -0.39 is 0 Å². The molecule has 0 aliphatic heterocycles. The molecule has 4 nitrogen and oxygen atoms in total. The summed E-state index contributed by atoms with van der Waals surface area (Å²) in [5, 5.41) is 9.65. The first kappa shape index (κ1) is 22.3. The van der Waals surface area contributed by atoms with Crippen molar-refractivity contribution in [3.63, 3.8) is 0 Å². The SMILES string of the molecule is Cc1cc(C)cc(-c2ccc(OCCN(C)C)c(C(=O)/C=C/c3cccc(O)c3)c2)c1. The lowest BCUT2D eigenvalue weighted by Gasteiger charge is -2.14. The molecule has 160 valence electrons. The third kappa shape index (κ3) is 6.30. The number of carbonyl (C=O) groups excluding carboxylic acids is 1. The van der Waals surface area contributed by atoms with E-state index in [1.807, 2.05) is 43.3 Å².